The zero-order valence-electron chi connectivity index (χ0n) is 13.4. The zero-order valence-corrected chi connectivity index (χ0v) is 14.2. The molecule has 0 aliphatic heterocycles. The van der Waals surface area contributed by atoms with Gasteiger partial charge in [-0.25, -0.2) is 0 Å². The molecule has 4 aromatic rings. The molecule has 0 saturated carbocycles. The van der Waals surface area contributed by atoms with Crippen LogP contribution in [0.2, 0.25) is 0 Å². The van der Waals surface area contributed by atoms with Gasteiger partial charge in [0, 0.05) is 5.56 Å². The normalized spacial score (nSPS) is 12.2. The van der Waals surface area contributed by atoms with E-state index in [4.69, 9.17) is 0 Å². The van der Waals surface area contributed by atoms with Crippen LogP contribution in [0, 0.1) is 13.8 Å². The summed E-state index contributed by atoms with van der Waals surface area (Å²) in [6.45, 7) is 4.07. The number of aryl methyl sites for hydroxylation is 2. The first-order valence-electron chi connectivity index (χ1n) is 7.65. The predicted octanol–water partition coefficient (Wildman–Crippen LogP) is 2.98. The van der Waals surface area contributed by atoms with E-state index in [9.17, 15) is 4.79 Å². The van der Waals surface area contributed by atoms with Gasteiger partial charge in [-0.1, -0.05) is 71.0 Å². The summed E-state index contributed by atoms with van der Waals surface area (Å²) in [5.74, 6) is 0.584. The smallest absolute Gasteiger partial charge is 0.266 e. The molecule has 0 atom stereocenters. The van der Waals surface area contributed by atoms with E-state index in [0.717, 1.165) is 16.7 Å². The predicted molar refractivity (Wildman–Crippen MR) is 97.3 cm³/mol. The second-order valence-corrected chi connectivity index (χ2v) is 6.83. The molecule has 5 heteroatoms. The fourth-order valence-corrected chi connectivity index (χ4v) is 3.48. The number of fused-ring (bicyclic) bond motifs is 1. The van der Waals surface area contributed by atoms with Gasteiger partial charge in [-0.2, -0.15) is 9.50 Å². The van der Waals surface area contributed by atoms with Crippen molar-refractivity contribution < 1.29 is 0 Å². The molecule has 0 bridgehead atoms. The maximum atomic E-state index is 12.6. The minimum absolute atomic E-state index is 0.123. The fourth-order valence-electron chi connectivity index (χ4n) is 2.57. The number of hydrogen-bond donors (Lipinski definition) is 0. The van der Waals surface area contributed by atoms with Crippen LogP contribution in [0.3, 0.4) is 0 Å². The standard InChI is InChI=1S/C19H15N3OS/c1-12-6-8-15(9-7-12)17-20-19-22(21-17)18(23)16(24-19)11-14-5-3-4-13(2)10-14/h3-11H,1-2H3/b16-11-. The highest BCUT2D eigenvalue weighted by atomic mass is 32.1. The Balaban J connectivity index is 1.81. The van der Waals surface area contributed by atoms with Gasteiger partial charge in [0.25, 0.3) is 5.56 Å². The molecule has 0 radical (unpaired) electrons. The van der Waals surface area contributed by atoms with Gasteiger partial charge >= 0.3 is 0 Å². The van der Waals surface area contributed by atoms with Crippen LogP contribution >= 0.6 is 11.3 Å². The lowest BCUT2D eigenvalue weighted by Crippen LogP contribution is -2.23. The van der Waals surface area contributed by atoms with Crippen molar-refractivity contribution in [2.75, 3.05) is 0 Å². The van der Waals surface area contributed by atoms with E-state index in [2.05, 4.69) is 10.1 Å². The Morgan fingerprint density at radius 1 is 1.04 bits per heavy atom. The molecule has 24 heavy (non-hydrogen) atoms. The van der Waals surface area contributed by atoms with Crippen LogP contribution in [0.15, 0.2) is 53.3 Å². The Bertz CT molecular complexity index is 1140. The summed E-state index contributed by atoms with van der Waals surface area (Å²) in [6.07, 6.45) is 1.89. The van der Waals surface area contributed by atoms with Crippen LogP contribution in [0.1, 0.15) is 16.7 Å². The van der Waals surface area contributed by atoms with E-state index < -0.39 is 0 Å². The van der Waals surface area contributed by atoms with Crippen molar-refractivity contribution >= 4 is 22.4 Å². The molecule has 2 heterocycles. The van der Waals surface area contributed by atoms with Crippen molar-refractivity contribution in [2.45, 2.75) is 13.8 Å². The van der Waals surface area contributed by atoms with Gasteiger partial charge in [0.05, 0.1) is 4.53 Å². The van der Waals surface area contributed by atoms with Crippen LogP contribution in [-0.4, -0.2) is 14.6 Å². The van der Waals surface area contributed by atoms with Crippen molar-refractivity contribution in [1.82, 2.24) is 14.6 Å². The Hall–Kier alpha value is -2.79. The van der Waals surface area contributed by atoms with Gasteiger partial charge in [-0.15, -0.1) is 5.10 Å². The second-order valence-electron chi connectivity index (χ2n) is 5.83. The molecule has 0 spiro atoms. The quantitative estimate of drug-likeness (QED) is 0.566. The third-order valence-corrected chi connectivity index (χ3v) is 4.79. The molecule has 0 fully saturated rings. The van der Waals surface area contributed by atoms with Crippen molar-refractivity contribution in [2.24, 2.45) is 0 Å². The second kappa shape index (κ2) is 5.69. The van der Waals surface area contributed by atoms with E-state index in [0.29, 0.717) is 15.3 Å². The Morgan fingerprint density at radius 2 is 1.83 bits per heavy atom. The molecule has 4 rings (SSSR count). The summed E-state index contributed by atoms with van der Waals surface area (Å²) in [7, 11) is 0. The molecular weight excluding hydrogens is 318 g/mol. The highest BCUT2D eigenvalue weighted by Gasteiger charge is 2.11. The molecule has 0 aliphatic carbocycles. The SMILES string of the molecule is Cc1ccc(-c2nc3s/c(=C\c4cccc(C)c4)c(=O)n3n2)cc1. The molecule has 2 aromatic heterocycles. The molecule has 2 aromatic carbocycles. The van der Waals surface area contributed by atoms with Crippen LogP contribution < -0.4 is 10.1 Å². The Kier molecular flexibility index (Phi) is 3.50. The average Bonchev–Trinajstić information content (AvgIpc) is 3.09. The number of thiazole rings is 1. The van der Waals surface area contributed by atoms with E-state index in [-0.39, 0.29) is 5.56 Å². The monoisotopic (exact) mass is 333 g/mol. The summed E-state index contributed by atoms with van der Waals surface area (Å²) in [4.78, 5) is 17.7. The van der Waals surface area contributed by atoms with Crippen LogP contribution in [-0.2, 0) is 0 Å². The molecule has 0 amide bonds. The van der Waals surface area contributed by atoms with E-state index in [1.54, 1.807) is 0 Å². The lowest BCUT2D eigenvalue weighted by atomic mass is 10.1. The first kappa shape index (κ1) is 14.8. The molecule has 0 unspecified atom stereocenters. The summed E-state index contributed by atoms with van der Waals surface area (Å²) < 4.78 is 2.03. The summed E-state index contributed by atoms with van der Waals surface area (Å²) in [6, 6.07) is 16.0. The maximum absolute atomic E-state index is 12.6. The lowest BCUT2D eigenvalue weighted by molar-refractivity contribution is 0.937. The third kappa shape index (κ3) is 2.63. The molecule has 0 saturated heterocycles. The highest BCUT2D eigenvalue weighted by Crippen LogP contribution is 2.17. The van der Waals surface area contributed by atoms with Gasteiger partial charge in [-0.3, -0.25) is 4.79 Å². The maximum Gasteiger partial charge on any atom is 0.291 e. The van der Waals surface area contributed by atoms with Crippen molar-refractivity contribution in [1.29, 1.82) is 0 Å². The Labute approximate surface area is 142 Å². The number of rotatable bonds is 2. The number of hydrogen-bond acceptors (Lipinski definition) is 4. The summed E-state index contributed by atoms with van der Waals surface area (Å²) >= 11 is 1.36. The van der Waals surface area contributed by atoms with Crippen LogP contribution in [0.25, 0.3) is 22.4 Å². The van der Waals surface area contributed by atoms with Crippen LogP contribution in [0.5, 0.6) is 0 Å². The van der Waals surface area contributed by atoms with E-state index in [1.165, 1.54) is 21.4 Å². The summed E-state index contributed by atoms with van der Waals surface area (Å²) in [5.41, 5.74) is 4.15. The largest absolute Gasteiger partial charge is 0.291 e. The zero-order chi connectivity index (χ0) is 16.7. The topological polar surface area (TPSA) is 47.3 Å². The number of aromatic nitrogens is 3. The summed E-state index contributed by atoms with van der Waals surface area (Å²) in [5, 5.41) is 4.38. The van der Waals surface area contributed by atoms with Crippen molar-refractivity contribution in [3.05, 3.63) is 80.1 Å². The third-order valence-electron chi connectivity index (χ3n) is 3.83. The van der Waals surface area contributed by atoms with Crippen molar-refractivity contribution in [3.63, 3.8) is 0 Å². The molecule has 0 N–H and O–H groups in total. The minimum Gasteiger partial charge on any atom is -0.266 e. The van der Waals surface area contributed by atoms with Gasteiger partial charge in [-0.05, 0) is 25.5 Å². The average molecular weight is 333 g/mol. The Morgan fingerprint density at radius 3 is 2.54 bits per heavy atom. The van der Waals surface area contributed by atoms with Crippen molar-refractivity contribution in [3.8, 4) is 11.4 Å². The lowest BCUT2D eigenvalue weighted by Gasteiger charge is -1.95. The minimum atomic E-state index is -0.123. The van der Waals surface area contributed by atoms with E-state index >= 15 is 0 Å². The number of nitrogens with zero attached hydrogens (tertiary/aromatic N) is 3. The van der Waals surface area contributed by atoms with Gasteiger partial charge in [0.2, 0.25) is 4.96 Å². The van der Waals surface area contributed by atoms with E-state index in [1.807, 2.05) is 68.5 Å². The van der Waals surface area contributed by atoms with Crippen LogP contribution in [0.4, 0.5) is 0 Å². The first-order chi connectivity index (χ1) is 11.6. The van der Waals surface area contributed by atoms with Gasteiger partial charge < -0.3 is 0 Å². The van der Waals surface area contributed by atoms with Gasteiger partial charge in [0.1, 0.15) is 0 Å². The molecule has 4 nitrogen and oxygen atoms in total. The fraction of sp³-hybridized carbons (Fsp3) is 0.105. The molecule has 118 valence electrons. The van der Waals surface area contributed by atoms with Gasteiger partial charge in [0.15, 0.2) is 5.82 Å². The number of benzene rings is 2. The first-order valence-corrected chi connectivity index (χ1v) is 8.47. The molecule has 0 aliphatic rings. The highest BCUT2D eigenvalue weighted by molar-refractivity contribution is 7.15. The molecular formula is C19H15N3OS.